The summed E-state index contributed by atoms with van der Waals surface area (Å²) in [5.74, 6) is -0.224. The van der Waals surface area contributed by atoms with Crippen LogP contribution in [0.25, 0.3) is 0 Å². The maximum absolute atomic E-state index is 11.3. The van der Waals surface area contributed by atoms with Gasteiger partial charge < -0.3 is 5.32 Å². The van der Waals surface area contributed by atoms with Crippen molar-refractivity contribution in [2.45, 2.75) is 0 Å². The van der Waals surface area contributed by atoms with Crippen LogP contribution in [0.15, 0.2) is 23.4 Å². The Bertz CT molecular complexity index is 362. The molecule has 0 spiro atoms. The number of hydrogen-bond acceptors (Lipinski definition) is 3. The fraction of sp³-hybridized carbons (Fsp3) is 0.111. The molecule has 13 heavy (non-hydrogen) atoms. The van der Waals surface area contributed by atoms with Crippen LogP contribution in [-0.2, 0) is 0 Å². The van der Waals surface area contributed by atoms with Crippen molar-refractivity contribution in [3.05, 3.63) is 34.5 Å². The van der Waals surface area contributed by atoms with Crippen LogP contribution in [0.4, 0.5) is 0 Å². The Morgan fingerprint density at radius 2 is 2.54 bits per heavy atom. The molecule has 3 nitrogen and oxygen atoms in total. The van der Waals surface area contributed by atoms with Gasteiger partial charge in [0.25, 0.3) is 5.91 Å². The van der Waals surface area contributed by atoms with Crippen molar-refractivity contribution in [3.8, 4) is 6.07 Å². The van der Waals surface area contributed by atoms with Crippen molar-refractivity contribution >= 4 is 17.2 Å². The van der Waals surface area contributed by atoms with E-state index in [1.807, 2.05) is 6.07 Å². The molecule has 0 fully saturated rings. The average molecular weight is 192 g/mol. The lowest BCUT2D eigenvalue weighted by atomic mass is 10.2. The number of carbonyl (C=O) groups excluding carboxylic acids is 1. The molecule has 0 saturated heterocycles. The molecule has 1 N–H and O–H groups in total. The van der Waals surface area contributed by atoms with Gasteiger partial charge in [0.1, 0.15) is 6.07 Å². The van der Waals surface area contributed by atoms with Gasteiger partial charge in [0.15, 0.2) is 0 Å². The first-order valence-corrected chi connectivity index (χ1v) is 4.59. The molecule has 4 heteroatoms. The molecule has 1 aromatic heterocycles. The Balaban J connectivity index is 2.77. The van der Waals surface area contributed by atoms with Crippen LogP contribution in [0.5, 0.6) is 0 Å². The quantitative estimate of drug-likeness (QED) is 0.738. The molecular weight excluding hydrogens is 184 g/mol. The van der Waals surface area contributed by atoms with Crippen molar-refractivity contribution in [2.24, 2.45) is 0 Å². The number of hydrogen-bond donors (Lipinski definition) is 1. The van der Waals surface area contributed by atoms with E-state index in [2.05, 4.69) is 11.9 Å². The van der Waals surface area contributed by atoms with Gasteiger partial charge in [-0.3, -0.25) is 4.79 Å². The van der Waals surface area contributed by atoms with Gasteiger partial charge in [-0.05, 0) is 0 Å². The van der Waals surface area contributed by atoms with Gasteiger partial charge in [-0.1, -0.05) is 6.08 Å². The van der Waals surface area contributed by atoms with Crippen LogP contribution in [0, 0.1) is 11.3 Å². The summed E-state index contributed by atoms with van der Waals surface area (Å²) >= 11 is 1.34. The summed E-state index contributed by atoms with van der Waals surface area (Å²) < 4.78 is 0. The van der Waals surface area contributed by atoms with E-state index in [0.29, 0.717) is 17.7 Å². The minimum atomic E-state index is -0.224. The summed E-state index contributed by atoms with van der Waals surface area (Å²) in [5, 5.41) is 14.6. The third-order valence-corrected chi connectivity index (χ3v) is 2.18. The first kappa shape index (κ1) is 9.49. The van der Waals surface area contributed by atoms with E-state index in [0.717, 1.165) is 0 Å². The molecular formula is C9H8N2OS. The number of thiophene rings is 1. The fourth-order valence-corrected chi connectivity index (χ4v) is 1.57. The summed E-state index contributed by atoms with van der Waals surface area (Å²) in [7, 11) is 0. The predicted octanol–water partition coefficient (Wildman–Crippen LogP) is 1.54. The Kier molecular flexibility index (Phi) is 3.23. The summed E-state index contributed by atoms with van der Waals surface area (Å²) in [4.78, 5) is 11.3. The molecule has 0 aromatic carbocycles. The third-order valence-electron chi connectivity index (χ3n) is 1.43. The smallest absolute Gasteiger partial charge is 0.253 e. The van der Waals surface area contributed by atoms with E-state index < -0.39 is 0 Å². The second-order valence-electron chi connectivity index (χ2n) is 2.31. The van der Waals surface area contributed by atoms with E-state index in [4.69, 9.17) is 5.26 Å². The summed E-state index contributed by atoms with van der Waals surface area (Å²) in [6, 6.07) is 1.96. The fourth-order valence-electron chi connectivity index (χ4n) is 0.820. The summed E-state index contributed by atoms with van der Waals surface area (Å²) in [5.41, 5.74) is 0.862. The lowest BCUT2D eigenvalue weighted by Crippen LogP contribution is -2.23. The molecule has 0 saturated carbocycles. The van der Waals surface area contributed by atoms with Crippen LogP contribution in [0.2, 0.25) is 0 Å². The number of rotatable bonds is 3. The van der Waals surface area contributed by atoms with E-state index in [-0.39, 0.29) is 5.91 Å². The third kappa shape index (κ3) is 2.17. The number of nitrogens with one attached hydrogen (secondary N) is 1. The van der Waals surface area contributed by atoms with Crippen molar-refractivity contribution in [2.75, 3.05) is 6.54 Å². The lowest BCUT2D eigenvalue weighted by molar-refractivity contribution is 0.0958. The van der Waals surface area contributed by atoms with Gasteiger partial charge in [-0.2, -0.15) is 16.6 Å². The molecule has 1 aromatic rings. The molecule has 0 bridgehead atoms. The highest BCUT2D eigenvalue weighted by atomic mass is 32.1. The monoisotopic (exact) mass is 192 g/mol. The predicted molar refractivity (Wildman–Crippen MR) is 51.6 cm³/mol. The van der Waals surface area contributed by atoms with E-state index in [1.54, 1.807) is 16.8 Å². The Hall–Kier alpha value is -1.60. The van der Waals surface area contributed by atoms with Crippen LogP contribution < -0.4 is 5.32 Å². The largest absolute Gasteiger partial charge is 0.349 e. The zero-order valence-corrected chi connectivity index (χ0v) is 7.73. The molecule has 0 aliphatic rings. The molecule has 0 unspecified atom stereocenters. The second kappa shape index (κ2) is 4.43. The molecule has 0 aliphatic carbocycles. The van der Waals surface area contributed by atoms with Gasteiger partial charge in [-0.25, -0.2) is 0 Å². The van der Waals surface area contributed by atoms with E-state index >= 15 is 0 Å². The zero-order chi connectivity index (χ0) is 9.68. The first-order chi connectivity index (χ1) is 6.29. The maximum atomic E-state index is 11.3. The molecule has 1 rings (SSSR count). The van der Waals surface area contributed by atoms with Gasteiger partial charge in [0.05, 0.1) is 11.1 Å². The van der Waals surface area contributed by atoms with E-state index in [9.17, 15) is 4.79 Å². The highest BCUT2D eigenvalue weighted by Gasteiger charge is 2.10. The van der Waals surface area contributed by atoms with Crippen molar-refractivity contribution in [1.29, 1.82) is 5.26 Å². The van der Waals surface area contributed by atoms with Gasteiger partial charge >= 0.3 is 0 Å². The van der Waals surface area contributed by atoms with Crippen LogP contribution in [-0.4, -0.2) is 12.5 Å². The maximum Gasteiger partial charge on any atom is 0.253 e. The Morgan fingerprint density at radius 1 is 1.77 bits per heavy atom. The van der Waals surface area contributed by atoms with Gasteiger partial charge in [-0.15, -0.1) is 6.58 Å². The van der Waals surface area contributed by atoms with Gasteiger partial charge in [0.2, 0.25) is 0 Å². The Labute approximate surface area is 80.3 Å². The molecule has 1 amide bonds. The number of amides is 1. The normalized spacial score (nSPS) is 8.85. The van der Waals surface area contributed by atoms with Crippen LogP contribution >= 0.6 is 11.3 Å². The Morgan fingerprint density at radius 3 is 3.15 bits per heavy atom. The minimum absolute atomic E-state index is 0.224. The topological polar surface area (TPSA) is 52.9 Å². The molecule has 0 aliphatic heterocycles. The number of nitrogens with zero attached hydrogens (tertiary/aromatic N) is 1. The zero-order valence-electron chi connectivity index (χ0n) is 6.91. The summed E-state index contributed by atoms with van der Waals surface area (Å²) in [6.45, 7) is 3.90. The molecule has 66 valence electrons. The number of nitriles is 1. The summed E-state index contributed by atoms with van der Waals surface area (Å²) in [6.07, 6.45) is 1.59. The molecule has 0 atom stereocenters. The molecule has 1 heterocycles. The van der Waals surface area contributed by atoms with Crippen molar-refractivity contribution in [3.63, 3.8) is 0 Å². The van der Waals surface area contributed by atoms with Crippen LogP contribution in [0.1, 0.15) is 15.9 Å². The standard InChI is InChI=1S/C9H8N2OS/c1-2-3-11-9(12)8-6-13-5-7(8)4-10/h2,5-6H,1,3H2,(H,11,12). The van der Waals surface area contributed by atoms with Crippen LogP contribution in [0.3, 0.4) is 0 Å². The van der Waals surface area contributed by atoms with Gasteiger partial charge in [0, 0.05) is 17.3 Å². The second-order valence-corrected chi connectivity index (χ2v) is 3.05. The van der Waals surface area contributed by atoms with Crippen molar-refractivity contribution in [1.82, 2.24) is 5.32 Å². The van der Waals surface area contributed by atoms with Crippen molar-refractivity contribution < 1.29 is 4.79 Å². The first-order valence-electron chi connectivity index (χ1n) is 3.65. The highest BCUT2D eigenvalue weighted by Crippen LogP contribution is 2.13. The minimum Gasteiger partial charge on any atom is -0.349 e. The highest BCUT2D eigenvalue weighted by molar-refractivity contribution is 7.08. The van der Waals surface area contributed by atoms with E-state index in [1.165, 1.54) is 11.3 Å². The lowest BCUT2D eigenvalue weighted by Gasteiger charge is -1.98. The number of carbonyl (C=O) groups is 1. The average Bonchev–Trinajstić information content (AvgIpc) is 2.61. The molecule has 0 radical (unpaired) electrons. The SMILES string of the molecule is C=CCNC(=O)c1cscc1C#N.